The van der Waals surface area contributed by atoms with E-state index in [0.29, 0.717) is 36.3 Å². The predicted octanol–water partition coefficient (Wildman–Crippen LogP) is 3.94. The van der Waals surface area contributed by atoms with Crippen molar-refractivity contribution in [3.63, 3.8) is 0 Å². The molecule has 2 N–H and O–H groups in total. The Bertz CT molecular complexity index is 955. The van der Waals surface area contributed by atoms with Crippen molar-refractivity contribution < 1.29 is 18.8 Å². The molecule has 0 unspecified atom stereocenters. The molecule has 0 radical (unpaired) electrons. The van der Waals surface area contributed by atoms with E-state index < -0.39 is 6.04 Å². The van der Waals surface area contributed by atoms with Gasteiger partial charge in [0.25, 0.3) is 5.91 Å². The average molecular weight is 379 g/mol. The fraction of sp³-hybridized carbons (Fsp3) is 0.238. The maximum absolute atomic E-state index is 13.0. The number of hydrogen-bond donors (Lipinski definition) is 2. The van der Waals surface area contributed by atoms with E-state index in [2.05, 4.69) is 15.8 Å². The van der Waals surface area contributed by atoms with Gasteiger partial charge < -0.3 is 24.6 Å². The summed E-state index contributed by atoms with van der Waals surface area (Å²) in [6.45, 7) is 3.00. The lowest BCUT2D eigenvalue weighted by molar-refractivity contribution is -0.117. The van der Waals surface area contributed by atoms with E-state index in [1.54, 1.807) is 13.0 Å². The third kappa shape index (κ3) is 4.09. The van der Waals surface area contributed by atoms with Crippen LogP contribution in [-0.4, -0.2) is 24.3 Å². The Hall–Kier alpha value is -3.48. The Morgan fingerprint density at radius 3 is 2.57 bits per heavy atom. The molecular weight excluding hydrogens is 358 g/mol. The molecule has 28 heavy (non-hydrogen) atoms. The van der Waals surface area contributed by atoms with Crippen LogP contribution in [0.1, 0.15) is 23.8 Å². The Kier molecular flexibility index (Phi) is 5.14. The van der Waals surface area contributed by atoms with Gasteiger partial charge in [-0.3, -0.25) is 4.79 Å². The number of anilines is 2. The summed E-state index contributed by atoms with van der Waals surface area (Å²) >= 11 is 0. The van der Waals surface area contributed by atoms with Crippen molar-refractivity contribution in [1.29, 1.82) is 0 Å². The second-order valence-electron chi connectivity index (χ2n) is 6.51. The minimum Gasteiger partial charge on any atom is -0.490 e. The SMILES string of the molecule is Cc1cc(NC(=O)[C@@H](Nc2ccc3c(c2)OCCCO3)c2ccccc2)no1. The topological polar surface area (TPSA) is 85.6 Å². The molecular formula is C21H21N3O4. The molecule has 7 nitrogen and oxygen atoms in total. The van der Waals surface area contributed by atoms with Crippen molar-refractivity contribution >= 4 is 17.4 Å². The van der Waals surface area contributed by atoms with Gasteiger partial charge in [-0.15, -0.1) is 0 Å². The van der Waals surface area contributed by atoms with Crippen LogP contribution in [0.2, 0.25) is 0 Å². The monoisotopic (exact) mass is 379 g/mol. The third-order valence-electron chi connectivity index (χ3n) is 4.33. The zero-order valence-electron chi connectivity index (χ0n) is 15.5. The van der Waals surface area contributed by atoms with Crippen LogP contribution in [0.15, 0.2) is 59.1 Å². The summed E-state index contributed by atoms with van der Waals surface area (Å²) in [7, 11) is 0. The first-order valence-corrected chi connectivity index (χ1v) is 9.14. The number of fused-ring (bicyclic) bond motifs is 1. The maximum atomic E-state index is 13.0. The Labute approximate surface area is 162 Å². The molecule has 1 aliphatic heterocycles. The van der Waals surface area contributed by atoms with Gasteiger partial charge in [0.1, 0.15) is 11.8 Å². The number of nitrogens with one attached hydrogen (secondary N) is 2. The van der Waals surface area contributed by atoms with Crippen molar-refractivity contribution in [3.8, 4) is 11.5 Å². The van der Waals surface area contributed by atoms with Crippen LogP contribution in [0.3, 0.4) is 0 Å². The van der Waals surface area contributed by atoms with E-state index in [1.165, 1.54) is 0 Å². The molecule has 4 rings (SSSR count). The molecule has 1 aliphatic rings. The standard InChI is InChI=1S/C21H21N3O4/c1-14-12-19(24-28-14)23-21(25)20(15-6-3-2-4-7-15)22-16-8-9-17-18(13-16)27-11-5-10-26-17/h2-4,6-9,12-13,20,22H,5,10-11H2,1H3,(H,23,24,25)/t20-/m0/s1. The van der Waals surface area contributed by atoms with Crippen LogP contribution in [0.4, 0.5) is 11.5 Å². The molecule has 144 valence electrons. The van der Waals surface area contributed by atoms with Gasteiger partial charge >= 0.3 is 0 Å². The van der Waals surface area contributed by atoms with Crippen LogP contribution in [0.5, 0.6) is 11.5 Å². The maximum Gasteiger partial charge on any atom is 0.252 e. The number of aryl methyl sites for hydroxylation is 1. The highest BCUT2D eigenvalue weighted by Gasteiger charge is 2.22. The molecule has 1 atom stereocenters. The van der Waals surface area contributed by atoms with E-state index in [-0.39, 0.29) is 5.91 Å². The predicted molar refractivity (Wildman–Crippen MR) is 105 cm³/mol. The number of rotatable bonds is 5. The smallest absolute Gasteiger partial charge is 0.252 e. The summed E-state index contributed by atoms with van der Waals surface area (Å²) in [5.41, 5.74) is 1.58. The molecule has 1 amide bonds. The molecule has 0 saturated heterocycles. The van der Waals surface area contributed by atoms with Gasteiger partial charge in [0.15, 0.2) is 17.3 Å². The molecule has 0 spiro atoms. The molecule has 0 bridgehead atoms. The van der Waals surface area contributed by atoms with Crippen molar-refractivity contribution in [2.24, 2.45) is 0 Å². The summed E-state index contributed by atoms with van der Waals surface area (Å²) in [6.07, 6.45) is 0.837. The van der Waals surface area contributed by atoms with E-state index in [1.807, 2.05) is 48.5 Å². The third-order valence-corrected chi connectivity index (χ3v) is 4.33. The van der Waals surface area contributed by atoms with E-state index in [9.17, 15) is 4.79 Å². The van der Waals surface area contributed by atoms with E-state index >= 15 is 0 Å². The first-order valence-electron chi connectivity index (χ1n) is 9.14. The highest BCUT2D eigenvalue weighted by Crippen LogP contribution is 2.33. The molecule has 7 heteroatoms. The van der Waals surface area contributed by atoms with Gasteiger partial charge in [-0.05, 0) is 24.6 Å². The van der Waals surface area contributed by atoms with Crippen molar-refractivity contribution in [1.82, 2.24) is 5.16 Å². The van der Waals surface area contributed by atoms with Crippen LogP contribution in [0.25, 0.3) is 0 Å². The lowest BCUT2D eigenvalue weighted by Crippen LogP contribution is -2.27. The quantitative estimate of drug-likeness (QED) is 0.698. The average Bonchev–Trinajstić information content (AvgIpc) is 2.98. The highest BCUT2D eigenvalue weighted by molar-refractivity contribution is 5.96. The Balaban J connectivity index is 1.59. The summed E-state index contributed by atoms with van der Waals surface area (Å²) in [6, 6.07) is 16.1. The fourth-order valence-corrected chi connectivity index (χ4v) is 2.99. The minimum atomic E-state index is -0.622. The second-order valence-corrected chi connectivity index (χ2v) is 6.51. The van der Waals surface area contributed by atoms with E-state index in [4.69, 9.17) is 14.0 Å². The van der Waals surface area contributed by atoms with Gasteiger partial charge in [-0.2, -0.15) is 0 Å². The van der Waals surface area contributed by atoms with Crippen LogP contribution >= 0.6 is 0 Å². The molecule has 1 aromatic heterocycles. The Morgan fingerprint density at radius 1 is 1.04 bits per heavy atom. The minimum absolute atomic E-state index is 0.244. The lowest BCUT2D eigenvalue weighted by atomic mass is 10.1. The summed E-state index contributed by atoms with van der Waals surface area (Å²) in [5, 5.41) is 9.91. The number of ether oxygens (including phenoxy) is 2. The van der Waals surface area contributed by atoms with Crippen molar-refractivity contribution in [2.45, 2.75) is 19.4 Å². The number of carbonyl (C=O) groups is 1. The first-order chi connectivity index (χ1) is 13.7. The molecule has 0 fully saturated rings. The van der Waals surface area contributed by atoms with Gasteiger partial charge in [-0.1, -0.05) is 35.5 Å². The van der Waals surface area contributed by atoms with Crippen LogP contribution in [0, 0.1) is 6.92 Å². The molecule has 0 saturated carbocycles. The number of hydrogen-bond acceptors (Lipinski definition) is 6. The molecule has 0 aliphatic carbocycles. The first kappa shape index (κ1) is 17.9. The highest BCUT2D eigenvalue weighted by atomic mass is 16.5. The number of benzene rings is 2. The van der Waals surface area contributed by atoms with Gasteiger partial charge in [0.05, 0.1) is 13.2 Å². The van der Waals surface area contributed by atoms with Gasteiger partial charge in [0.2, 0.25) is 0 Å². The fourth-order valence-electron chi connectivity index (χ4n) is 2.99. The number of carbonyl (C=O) groups excluding carboxylic acids is 1. The van der Waals surface area contributed by atoms with Gasteiger partial charge in [-0.25, -0.2) is 0 Å². The largest absolute Gasteiger partial charge is 0.490 e. The lowest BCUT2D eigenvalue weighted by Gasteiger charge is -2.20. The molecule has 2 heterocycles. The van der Waals surface area contributed by atoms with Crippen molar-refractivity contribution in [2.75, 3.05) is 23.8 Å². The number of nitrogens with zero attached hydrogens (tertiary/aromatic N) is 1. The second kappa shape index (κ2) is 8.04. The van der Waals surface area contributed by atoms with Gasteiger partial charge in [0, 0.05) is 24.2 Å². The zero-order chi connectivity index (χ0) is 19.3. The normalized spacial score (nSPS) is 14.0. The van der Waals surface area contributed by atoms with Crippen molar-refractivity contribution in [3.05, 3.63) is 65.9 Å². The summed E-state index contributed by atoms with van der Waals surface area (Å²) < 4.78 is 16.4. The zero-order valence-corrected chi connectivity index (χ0v) is 15.5. The van der Waals surface area contributed by atoms with E-state index in [0.717, 1.165) is 17.7 Å². The molecule has 3 aromatic rings. The number of aromatic nitrogens is 1. The number of amides is 1. The summed E-state index contributed by atoms with van der Waals surface area (Å²) in [4.78, 5) is 13.0. The molecule has 2 aromatic carbocycles. The van der Waals surface area contributed by atoms with Crippen LogP contribution in [-0.2, 0) is 4.79 Å². The summed E-state index contributed by atoms with van der Waals surface area (Å²) in [5.74, 6) is 2.14. The Morgan fingerprint density at radius 2 is 1.82 bits per heavy atom. The van der Waals surface area contributed by atoms with Crippen LogP contribution < -0.4 is 20.1 Å².